The third-order valence-corrected chi connectivity index (χ3v) is 6.35. The lowest BCUT2D eigenvalue weighted by atomic mass is 9.80. The van der Waals surface area contributed by atoms with Crippen LogP contribution in [0.5, 0.6) is 0 Å². The third-order valence-electron chi connectivity index (χ3n) is 6.35. The molecule has 3 aliphatic heterocycles. The Morgan fingerprint density at radius 3 is 2.89 bits per heavy atom. The maximum absolute atomic E-state index is 5.58. The molecule has 1 atom stereocenters. The Morgan fingerprint density at radius 1 is 1.30 bits per heavy atom. The normalized spacial score (nSPS) is 24.6. The zero-order valence-corrected chi connectivity index (χ0v) is 18.9. The number of halogens is 1. The molecule has 27 heavy (non-hydrogen) atoms. The van der Waals surface area contributed by atoms with Gasteiger partial charge in [0.1, 0.15) is 11.6 Å². The number of likely N-dealkylation sites (tertiary alicyclic amines) is 1. The van der Waals surface area contributed by atoms with E-state index < -0.39 is 0 Å². The molecule has 0 aromatic carbocycles. The topological polar surface area (TPSA) is 67.6 Å². The maximum Gasteiger partial charge on any atom is 0.193 e. The van der Waals surface area contributed by atoms with Crippen LogP contribution in [0.3, 0.4) is 0 Å². The number of aromatic nitrogens is 3. The largest absolute Gasteiger partial charge is 0.381 e. The molecule has 1 aromatic rings. The third kappa shape index (κ3) is 4.58. The fraction of sp³-hybridized carbons (Fsp3) is 0.842. The number of aliphatic imine (C=N–C) groups is 1. The van der Waals surface area contributed by atoms with Crippen molar-refractivity contribution in [2.75, 3.05) is 39.4 Å². The van der Waals surface area contributed by atoms with Gasteiger partial charge in [0.25, 0.3) is 0 Å². The van der Waals surface area contributed by atoms with E-state index in [2.05, 4.69) is 31.9 Å². The van der Waals surface area contributed by atoms with Crippen molar-refractivity contribution in [2.45, 2.75) is 52.5 Å². The summed E-state index contributed by atoms with van der Waals surface area (Å²) in [6.45, 7) is 11.1. The van der Waals surface area contributed by atoms with E-state index in [9.17, 15) is 0 Å². The standard InChI is InChI=1S/C19H32N6O.HI/c1-3-20-18(24-9-6-19(14-24)7-10-26-11-8-19)21-12-16-4-5-17-23-22-15(2)25(17)13-16;/h16H,3-14H2,1-2H3,(H,20,21);1H. The molecule has 8 heteroatoms. The van der Waals surface area contributed by atoms with E-state index in [1.165, 1.54) is 19.3 Å². The quantitative estimate of drug-likeness (QED) is 0.402. The van der Waals surface area contributed by atoms with Crippen LogP contribution in [0.1, 0.15) is 44.3 Å². The molecular formula is C19H33IN6O. The van der Waals surface area contributed by atoms with Gasteiger partial charge in [-0.05, 0) is 50.9 Å². The van der Waals surface area contributed by atoms with Gasteiger partial charge in [0, 0.05) is 52.4 Å². The van der Waals surface area contributed by atoms with Gasteiger partial charge in [-0.2, -0.15) is 0 Å². The minimum absolute atomic E-state index is 0. The molecule has 2 saturated heterocycles. The van der Waals surface area contributed by atoms with Crippen LogP contribution in [0.2, 0.25) is 0 Å². The van der Waals surface area contributed by atoms with Gasteiger partial charge in [0.2, 0.25) is 0 Å². The summed E-state index contributed by atoms with van der Waals surface area (Å²) < 4.78 is 7.85. The van der Waals surface area contributed by atoms with Crippen molar-refractivity contribution >= 4 is 29.9 Å². The van der Waals surface area contributed by atoms with Crippen molar-refractivity contribution in [3.8, 4) is 0 Å². The van der Waals surface area contributed by atoms with Gasteiger partial charge in [0.15, 0.2) is 5.96 Å². The van der Waals surface area contributed by atoms with Crippen LogP contribution in [-0.2, 0) is 17.7 Å². The van der Waals surface area contributed by atoms with Crippen LogP contribution in [0.4, 0.5) is 0 Å². The van der Waals surface area contributed by atoms with Crippen molar-refractivity contribution < 1.29 is 4.74 Å². The van der Waals surface area contributed by atoms with Gasteiger partial charge < -0.3 is 19.5 Å². The zero-order valence-electron chi connectivity index (χ0n) is 16.6. The number of nitrogens with zero attached hydrogens (tertiary/aromatic N) is 5. The van der Waals surface area contributed by atoms with Gasteiger partial charge in [-0.3, -0.25) is 4.99 Å². The van der Waals surface area contributed by atoms with E-state index in [0.29, 0.717) is 11.3 Å². The van der Waals surface area contributed by atoms with Crippen molar-refractivity contribution in [2.24, 2.45) is 16.3 Å². The maximum atomic E-state index is 5.58. The average molecular weight is 488 g/mol. The lowest BCUT2D eigenvalue weighted by molar-refractivity contribution is 0.0217. The van der Waals surface area contributed by atoms with Crippen LogP contribution in [-0.4, -0.2) is 65.0 Å². The van der Waals surface area contributed by atoms with Gasteiger partial charge in [-0.1, -0.05) is 0 Å². The zero-order chi connectivity index (χ0) is 18.0. The number of nitrogens with one attached hydrogen (secondary N) is 1. The number of guanidine groups is 1. The molecule has 0 saturated carbocycles. The smallest absolute Gasteiger partial charge is 0.193 e. The Hall–Kier alpha value is -0.900. The highest BCUT2D eigenvalue weighted by molar-refractivity contribution is 14.0. The first-order valence-corrected chi connectivity index (χ1v) is 10.2. The highest BCUT2D eigenvalue weighted by atomic mass is 127. The molecule has 1 unspecified atom stereocenters. The predicted octanol–water partition coefficient (Wildman–Crippen LogP) is 2.23. The molecule has 4 heterocycles. The first-order valence-electron chi connectivity index (χ1n) is 10.2. The number of hydrogen-bond donors (Lipinski definition) is 1. The minimum atomic E-state index is 0. The molecular weight excluding hydrogens is 455 g/mol. The SMILES string of the molecule is CCNC(=NCC1CCc2nnc(C)n2C1)N1CCC2(CCOCC2)C1.I. The van der Waals surface area contributed by atoms with E-state index in [1.807, 2.05) is 6.92 Å². The highest BCUT2D eigenvalue weighted by Gasteiger charge is 2.40. The molecule has 2 fully saturated rings. The molecule has 1 aromatic heterocycles. The van der Waals surface area contributed by atoms with Gasteiger partial charge >= 0.3 is 0 Å². The summed E-state index contributed by atoms with van der Waals surface area (Å²) in [5, 5.41) is 12.0. The Bertz CT molecular complexity index is 655. The fourth-order valence-corrected chi connectivity index (χ4v) is 4.65. The molecule has 3 aliphatic rings. The second-order valence-corrected chi connectivity index (χ2v) is 8.16. The Balaban J connectivity index is 0.00000210. The molecule has 1 spiro atoms. The first-order chi connectivity index (χ1) is 12.7. The first kappa shape index (κ1) is 20.8. The lowest BCUT2D eigenvalue weighted by Crippen LogP contribution is -2.42. The van der Waals surface area contributed by atoms with Crippen LogP contribution in [0, 0.1) is 18.3 Å². The van der Waals surface area contributed by atoms with Gasteiger partial charge in [0.05, 0.1) is 0 Å². The van der Waals surface area contributed by atoms with Crippen LogP contribution >= 0.6 is 24.0 Å². The number of rotatable bonds is 3. The summed E-state index contributed by atoms with van der Waals surface area (Å²) in [5.41, 5.74) is 0.452. The van der Waals surface area contributed by atoms with Crippen LogP contribution in [0.15, 0.2) is 4.99 Å². The fourth-order valence-electron chi connectivity index (χ4n) is 4.65. The second kappa shape index (κ2) is 9.07. The Labute approximate surface area is 179 Å². The summed E-state index contributed by atoms with van der Waals surface area (Å²) in [5.74, 6) is 3.84. The van der Waals surface area contributed by atoms with E-state index in [1.54, 1.807) is 0 Å². The summed E-state index contributed by atoms with van der Waals surface area (Å²) in [4.78, 5) is 7.51. The van der Waals surface area contributed by atoms with E-state index in [-0.39, 0.29) is 24.0 Å². The molecule has 4 rings (SSSR count). The summed E-state index contributed by atoms with van der Waals surface area (Å²) in [7, 11) is 0. The monoisotopic (exact) mass is 488 g/mol. The average Bonchev–Trinajstić information content (AvgIpc) is 3.23. The lowest BCUT2D eigenvalue weighted by Gasteiger charge is -2.33. The summed E-state index contributed by atoms with van der Waals surface area (Å²) >= 11 is 0. The molecule has 152 valence electrons. The van der Waals surface area contributed by atoms with Gasteiger partial charge in [-0.15, -0.1) is 34.2 Å². The van der Waals surface area contributed by atoms with E-state index in [4.69, 9.17) is 9.73 Å². The number of aryl methyl sites for hydroxylation is 2. The molecule has 0 aliphatic carbocycles. The van der Waals surface area contributed by atoms with Crippen LogP contribution < -0.4 is 5.32 Å². The van der Waals surface area contributed by atoms with E-state index >= 15 is 0 Å². The molecule has 0 radical (unpaired) electrons. The second-order valence-electron chi connectivity index (χ2n) is 8.16. The summed E-state index contributed by atoms with van der Waals surface area (Å²) in [6, 6.07) is 0. The van der Waals surface area contributed by atoms with E-state index in [0.717, 1.165) is 76.4 Å². The van der Waals surface area contributed by atoms with Gasteiger partial charge in [-0.25, -0.2) is 0 Å². The molecule has 0 bridgehead atoms. The minimum Gasteiger partial charge on any atom is -0.381 e. The Morgan fingerprint density at radius 2 is 2.11 bits per heavy atom. The van der Waals surface area contributed by atoms with Crippen molar-refractivity contribution in [1.29, 1.82) is 0 Å². The predicted molar refractivity (Wildman–Crippen MR) is 117 cm³/mol. The van der Waals surface area contributed by atoms with Crippen molar-refractivity contribution in [3.05, 3.63) is 11.6 Å². The number of ether oxygens (including phenoxy) is 1. The summed E-state index contributed by atoms with van der Waals surface area (Å²) in [6.07, 6.45) is 5.84. The Kier molecular flexibility index (Phi) is 6.99. The van der Waals surface area contributed by atoms with Crippen molar-refractivity contribution in [3.63, 3.8) is 0 Å². The van der Waals surface area contributed by atoms with Crippen molar-refractivity contribution in [1.82, 2.24) is 25.0 Å². The number of hydrogen-bond acceptors (Lipinski definition) is 4. The molecule has 0 amide bonds. The molecule has 7 nitrogen and oxygen atoms in total. The number of fused-ring (bicyclic) bond motifs is 1. The highest BCUT2D eigenvalue weighted by Crippen LogP contribution is 2.39. The van der Waals surface area contributed by atoms with Crippen LogP contribution in [0.25, 0.3) is 0 Å². The molecule has 1 N–H and O–H groups in total.